The van der Waals surface area contributed by atoms with Crippen molar-refractivity contribution in [3.05, 3.63) is 12.2 Å². The molecule has 1 aliphatic rings. The Balaban J connectivity index is 2.60. The summed E-state index contributed by atoms with van der Waals surface area (Å²) in [4.78, 5) is 28.1. The van der Waals surface area contributed by atoms with Crippen molar-refractivity contribution in [3.63, 3.8) is 0 Å². The lowest BCUT2D eigenvalue weighted by Gasteiger charge is -2.47. The number of aliphatic hydroxyl groups is 4. The maximum absolute atomic E-state index is 13.8. The molecule has 0 radical (unpaired) electrons. The van der Waals surface area contributed by atoms with Gasteiger partial charge in [-0.2, -0.15) is 0 Å². The van der Waals surface area contributed by atoms with Crippen LogP contribution in [-0.2, 0) is 14.3 Å². The monoisotopic (exact) mass is 782 g/mol. The highest BCUT2D eigenvalue weighted by Crippen LogP contribution is 2.26. The van der Waals surface area contributed by atoms with Crippen LogP contribution in [0, 0.1) is 0 Å². The second-order valence-electron chi connectivity index (χ2n) is 16.3. The van der Waals surface area contributed by atoms with Gasteiger partial charge in [0, 0.05) is 13.0 Å². The van der Waals surface area contributed by atoms with E-state index in [-0.39, 0.29) is 5.91 Å². The number of hydrogen-bond donors (Lipinski definition) is 6. The van der Waals surface area contributed by atoms with Crippen LogP contribution in [0.25, 0.3) is 0 Å². The molecule has 55 heavy (non-hydrogen) atoms. The zero-order chi connectivity index (χ0) is 40.4. The normalized spacial score (nSPS) is 20.6. The number of carbonyl (C=O) groups excluding carboxylic acids is 2. The zero-order valence-corrected chi connectivity index (χ0v) is 35.5. The summed E-state index contributed by atoms with van der Waals surface area (Å²) >= 11 is 0. The van der Waals surface area contributed by atoms with Gasteiger partial charge >= 0.3 is 0 Å². The number of rotatable bonds is 37. The minimum atomic E-state index is -1.51. The standard InChI is InChI=1S/C45H87N3O7/c1-3-5-7-9-11-13-15-17-19-21-23-25-27-29-31-33-35-48(45-41(47-44(54)38(46)36-49)43(53)42(52)39(37-50)55-45)40(51)34-32-30-28-26-24-22-20-18-16-14-12-10-8-6-4-2/h18,20,38-39,41-43,45,49-50,52-53H,3-17,19,21-37,46H2,1-2H3,(H,47,54)/b20-18+/t38-,39+,41+,42+,43+,45+/m0/s1. The van der Waals surface area contributed by atoms with E-state index >= 15 is 0 Å². The molecule has 0 aromatic carbocycles. The van der Waals surface area contributed by atoms with Crippen molar-refractivity contribution in [2.45, 2.75) is 243 Å². The summed E-state index contributed by atoms with van der Waals surface area (Å²) in [5.74, 6) is -0.864. The van der Waals surface area contributed by atoms with Gasteiger partial charge in [0.25, 0.3) is 0 Å². The van der Waals surface area contributed by atoms with Crippen molar-refractivity contribution >= 4 is 11.8 Å². The summed E-state index contributed by atoms with van der Waals surface area (Å²) in [6.07, 6.45) is 34.7. The highest BCUT2D eigenvalue weighted by Gasteiger charge is 2.48. The summed E-state index contributed by atoms with van der Waals surface area (Å²) in [6, 6.07) is -2.41. The molecule has 0 saturated carbocycles. The van der Waals surface area contributed by atoms with Crippen molar-refractivity contribution in [1.29, 1.82) is 0 Å². The maximum atomic E-state index is 13.8. The van der Waals surface area contributed by atoms with E-state index in [9.17, 15) is 30.0 Å². The second kappa shape index (κ2) is 35.6. The maximum Gasteiger partial charge on any atom is 0.239 e. The van der Waals surface area contributed by atoms with Gasteiger partial charge < -0.3 is 41.1 Å². The highest BCUT2D eigenvalue weighted by atomic mass is 16.5. The van der Waals surface area contributed by atoms with Gasteiger partial charge in [0.15, 0.2) is 6.23 Å². The third-order valence-electron chi connectivity index (χ3n) is 11.3. The Bertz CT molecular complexity index is 938. The number of nitrogens with two attached hydrogens (primary N) is 1. The topological polar surface area (TPSA) is 166 Å². The first-order valence-electron chi connectivity index (χ1n) is 23.1. The number of nitrogens with one attached hydrogen (secondary N) is 1. The van der Waals surface area contributed by atoms with Crippen LogP contribution in [0.2, 0.25) is 0 Å². The summed E-state index contributed by atoms with van der Waals surface area (Å²) in [5.41, 5.74) is 5.75. The van der Waals surface area contributed by atoms with Gasteiger partial charge in [-0.25, -0.2) is 0 Å². The Hall–Kier alpha value is -1.56. The van der Waals surface area contributed by atoms with Gasteiger partial charge in [-0.3, -0.25) is 9.59 Å². The van der Waals surface area contributed by atoms with Gasteiger partial charge in [0.05, 0.1) is 13.2 Å². The molecule has 1 aliphatic heterocycles. The van der Waals surface area contributed by atoms with E-state index in [4.69, 9.17) is 10.5 Å². The molecule has 0 aliphatic carbocycles. The van der Waals surface area contributed by atoms with Gasteiger partial charge in [-0.1, -0.05) is 174 Å². The van der Waals surface area contributed by atoms with Crippen LogP contribution >= 0.6 is 0 Å². The number of carbonyl (C=O) groups is 2. The Labute approximate surface area is 336 Å². The molecule has 0 bridgehead atoms. The van der Waals surface area contributed by atoms with Crippen molar-refractivity contribution in [2.75, 3.05) is 19.8 Å². The Morgan fingerprint density at radius 2 is 1.05 bits per heavy atom. The van der Waals surface area contributed by atoms with E-state index in [2.05, 4.69) is 31.3 Å². The van der Waals surface area contributed by atoms with Crippen molar-refractivity contribution in [1.82, 2.24) is 10.2 Å². The van der Waals surface area contributed by atoms with Crippen LogP contribution in [0.15, 0.2) is 12.2 Å². The molecule has 0 spiro atoms. The average molecular weight is 782 g/mol. The third-order valence-corrected chi connectivity index (χ3v) is 11.3. The summed E-state index contributed by atoms with van der Waals surface area (Å²) in [6.45, 7) is 3.73. The molecule has 0 aromatic heterocycles. The molecule has 0 unspecified atom stereocenters. The Kier molecular flexibility index (Phi) is 33.3. The van der Waals surface area contributed by atoms with Crippen molar-refractivity contribution < 1.29 is 34.8 Å². The number of hydrogen-bond acceptors (Lipinski definition) is 8. The Morgan fingerprint density at radius 3 is 1.49 bits per heavy atom. The highest BCUT2D eigenvalue weighted by molar-refractivity contribution is 5.82. The van der Waals surface area contributed by atoms with E-state index < -0.39 is 55.7 Å². The van der Waals surface area contributed by atoms with Gasteiger partial charge in [0.2, 0.25) is 11.8 Å². The minimum Gasteiger partial charge on any atom is -0.394 e. The Morgan fingerprint density at radius 1 is 0.636 bits per heavy atom. The molecule has 1 fully saturated rings. The van der Waals surface area contributed by atoms with E-state index in [1.165, 1.54) is 122 Å². The van der Waals surface area contributed by atoms with E-state index in [1.807, 2.05) is 0 Å². The quantitative estimate of drug-likeness (QED) is 0.0270. The van der Waals surface area contributed by atoms with Gasteiger partial charge in [-0.15, -0.1) is 0 Å². The molecule has 0 aromatic rings. The van der Waals surface area contributed by atoms with E-state index in [0.29, 0.717) is 13.0 Å². The van der Waals surface area contributed by atoms with Crippen LogP contribution in [0.3, 0.4) is 0 Å². The minimum absolute atomic E-state index is 0.144. The molecule has 324 valence electrons. The fourth-order valence-electron chi connectivity index (χ4n) is 7.59. The first-order valence-corrected chi connectivity index (χ1v) is 23.1. The van der Waals surface area contributed by atoms with Crippen LogP contribution in [-0.4, -0.2) is 93.5 Å². The molecular formula is C45H87N3O7. The molecule has 2 amide bonds. The molecule has 6 atom stereocenters. The predicted molar refractivity (Wildman–Crippen MR) is 225 cm³/mol. The number of unbranched alkanes of at least 4 members (excludes halogenated alkanes) is 26. The molecule has 7 N–H and O–H groups in total. The lowest BCUT2D eigenvalue weighted by Crippen LogP contribution is -2.69. The SMILES string of the molecule is CCCCCCCC/C=C/CCCCCCCC(=O)N(CCCCCCCCCCCCCCCCCC)[C@@H]1O[C@H](CO)[C@@H](O)[C@H](O)[C@H]1NC(=O)[C@@H](N)CO. The van der Waals surface area contributed by atoms with Crippen LogP contribution in [0.1, 0.15) is 206 Å². The fourth-order valence-corrected chi connectivity index (χ4v) is 7.59. The molecule has 1 heterocycles. The lowest BCUT2D eigenvalue weighted by atomic mass is 9.94. The third kappa shape index (κ3) is 24.7. The summed E-state index contributed by atoms with van der Waals surface area (Å²) in [5, 5.41) is 43.7. The van der Waals surface area contributed by atoms with Gasteiger partial charge in [0.1, 0.15) is 30.4 Å². The first kappa shape index (κ1) is 51.5. The summed E-state index contributed by atoms with van der Waals surface area (Å²) in [7, 11) is 0. The molecule has 1 rings (SSSR count). The van der Waals surface area contributed by atoms with E-state index in [1.54, 1.807) is 4.90 Å². The fraction of sp³-hybridized carbons (Fsp3) is 0.911. The first-order chi connectivity index (χ1) is 26.8. The number of amides is 2. The molecule has 1 saturated heterocycles. The largest absolute Gasteiger partial charge is 0.394 e. The lowest BCUT2D eigenvalue weighted by molar-refractivity contribution is -0.231. The summed E-state index contributed by atoms with van der Waals surface area (Å²) < 4.78 is 6.06. The van der Waals surface area contributed by atoms with Crippen LogP contribution in [0.4, 0.5) is 0 Å². The molecule has 10 nitrogen and oxygen atoms in total. The smallest absolute Gasteiger partial charge is 0.239 e. The zero-order valence-electron chi connectivity index (χ0n) is 35.5. The number of nitrogens with zero attached hydrogens (tertiary/aromatic N) is 1. The molecular weight excluding hydrogens is 695 g/mol. The van der Waals surface area contributed by atoms with Crippen LogP contribution in [0.5, 0.6) is 0 Å². The predicted octanol–water partition coefficient (Wildman–Crippen LogP) is 8.36. The number of ether oxygens (including phenoxy) is 1. The number of aliphatic hydroxyl groups excluding tert-OH is 4. The molecule has 10 heteroatoms. The van der Waals surface area contributed by atoms with Gasteiger partial charge in [-0.05, 0) is 38.5 Å². The van der Waals surface area contributed by atoms with E-state index in [0.717, 1.165) is 64.2 Å². The average Bonchev–Trinajstić information content (AvgIpc) is 3.19. The van der Waals surface area contributed by atoms with Crippen molar-refractivity contribution in [2.24, 2.45) is 5.73 Å². The van der Waals surface area contributed by atoms with Crippen molar-refractivity contribution in [3.8, 4) is 0 Å². The number of allylic oxidation sites excluding steroid dienone is 2. The van der Waals surface area contributed by atoms with Crippen LogP contribution < -0.4 is 11.1 Å². The second-order valence-corrected chi connectivity index (χ2v) is 16.3.